The highest BCUT2D eigenvalue weighted by molar-refractivity contribution is 7.46. The molecular formula is C30H55O4P. The number of hydrogen-bond acceptors (Lipinski definition) is 2. The van der Waals surface area contributed by atoms with E-state index in [1.54, 1.807) is 0 Å². The predicted octanol–water partition coefficient (Wildman–Crippen LogP) is 9.58. The molecule has 204 valence electrons. The molecule has 1 rings (SSSR count). The second-order valence-corrected chi connectivity index (χ2v) is 11.7. The molecule has 2 atom stereocenters. The average Bonchev–Trinajstić information content (AvgIpc) is 2.82. The van der Waals surface area contributed by atoms with Crippen LogP contribution in [0.25, 0.3) is 0 Å². The molecule has 0 aromatic heterocycles. The Morgan fingerprint density at radius 2 is 1.26 bits per heavy atom. The van der Waals surface area contributed by atoms with Crippen LogP contribution in [0.5, 0.6) is 5.75 Å². The highest BCUT2D eigenvalue weighted by atomic mass is 31.2. The van der Waals surface area contributed by atoms with Crippen molar-refractivity contribution in [3.8, 4) is 5.75 Å². The van der Waals surface area contributed by atoms with Gasteiger partial charge in [-0.1, -0.05) is 124 Å². The fraction of sp³-hybridized carbons (Fsp3) is 0.800. The van der Waals surface area contributed by atoms with E-state index < -0.39 is 7.82 Å². The third kappa shape index (κ3) is 13.3. The summed E-state index contributed by atoms with van der Waals surface area (Å²) in [5.41, 5.74) is 3.76. The molecule has 0 amide bonds. The van der Waals surface area contributed by atoms with E-state index in [0.717, 1.165) is 44.1 Å². The Bertz CT molecular complexity index is 727. The zero-order valence-electron chi connectivity index (χ0n) is 23.5. The topological polar surface area (TPSA) is 66.8 Å². The summed E-state index contributed by atoms with van der Waals surface area (Å²) >= 11 is 0. The molecule has 0 aliphatic rings. The van der Waals surface area contributed by atoms with Gasteiger partial charge in [-0.05, 0) is 60.3 Å². The summed E-state index contributed by atoms with van der Waals surface area (Å²) in [7, 11) is -4.61. The Labute approximate surface area is 216 Å². The van der Waals surface area contributed by atoms with E-state index in [1.807, 2.05) is 6.07 Å². The van der Waals surface area contributed by atoms with E-state index in [0.29, 0.717) is 17.6 Å². The molecule has 0 fully saturated rings. The summed E-state index contributed by atoms with van der Waals surface area (Å²) in [5.74, 6) is 1.65. The zero-order valence-corrected chi connectivity index (χ0v) is 24.4. The lowest BCUT2D eigenvalue weighted by Crippen LogP contribution is -2.13. The summed E-state index contributed by atoms with van der Waals surface area (Å²) in [4.78, 5) is 19.3. The molecule has 0 saturated carbocycles. The van der Waals surface area contributed by atoms with E-state index in [4.69, 9.17) is 4.52 Å². The normalized spacial score (nSPS) is 13.7. The van der Waals surface area contributed by atoms with Crippen molar-refractivity contribution in [2.24, 2.45) is 11.8 Å². The van der Waals surface area contributed by atoms with Crippen LogP contribution in [0.1, 0.15) is 141 Å². The maximum absolute atomic E-state index is 11.8. The Hall–Kier alpha value is -0.830. The Balaban J connectivity index is 3.35. The first kappa shape index (κ1) is 32.2. The highest BCUT2D eigenvalue weighted by Crippen LogP contribution is 2.42. The molecule has 0 aliphatic heterocycles. The quantitative estimate of drug-likeness (QED) is 0.128. The number of rotatable bonds is 21. The molecule has 1 aromatic carbocycles. The number of phosphoric ester groups is 1. The third-order valence-corrected chi connectivity index (χ3v) is 8.01. The van der Waals surface area contributed by atoms with Crippen LogP contribution in [0, 0.1) is 11.8 Å². The van der Waals surface area contributed by atoms with Gasteiger partial charge in [0.2, 0.25) is 0 Å². The Morgan fingerprint density at radius 3 is 1.80 bits per heavy atom. The van der Waals surface area contributed by atoms with Crippen molar-refractivity contribution in [3.05, 3.63) is 28.8 Å². The molecule has 35 heavy (non-hydrogen) atoms. The van der Waals surface area contributed by atoms with Gasteiger partial charge in [-0.15, -0.1) is 0 Å². The zero-order chi connectivity index (χ0) is 26.1. The fourth-order valence-corrected chi connectivity index (χ4v) is 5.65. The molecular weight excluding hydrogens is 455 g/mol. The lowest BCUT2D eigenvalue weighted by atomic mass is 9.82. The van der Waals surface area contributed by atoms with Gasteiger partial charge in [0.1, 0.15) is 5.75 Å². The minimum absolute atomic E-state index is 0.401. The first-order valence-electron chi connectivity index (χ1n) is 14.7. The molecule has 2 unspecified atom stereocenters. The van der Waals surface area contributed by atoms with Crippen molar-refractivity contribution < 1.29 is 18.9 Å². The SMILES string of the molecule is CCCCCCCCc1c(OP(=O)(O)O)ccc(CC(CC)CCCC)c1CC(CC)CCCC. The minimum atomic E-state index is -4.61. The van der Waals surface area contributed by atoms with Crippen molar-refractivity contribution in [2.45, 2.75) is 144 Å². The van der Waals surface area contributed by atoms with Crippen LogP contribution < -0.4 is 4.52 Å². The van der Waals surface area contributed by atoms with Crippen molar-refractivity contribution in [1.29, 1.82) is 0 Å². The van der Waals surface area contributed by atoms with E-state index in [2.05, 4.69) is 40.7 Å². The van der Waals surface area contributed by atoms with Crippen LogP contribution in [0.15, 0.2) is 12.1 Å². The minimum Gasteiger partial charge on any atom is -0.404 e. The highest BCUT2D eigenvalue weighted by Gasteiger charge is 2.24. The molecule has 0 saturated heterocycles. The standard InChI is InChI=1S/C30H55O4P/c1-6-11-14-15-16-17-20-28-29(24-26(10-5)19-13-8-3)27(23-25(9-4)18-12-7-2)21-22-30(28)34-35(31,32)33/h21-22,25-26H,6-20,23-24H2,1-5H3,(H2,31,32,33). The van der Waals surface area contributed by atoms with Gasteiger partial charge in [0.25, 0.3) is 0 Å². The molecule has 0 radical (unpaired) electrons. The molecule has 0 aliphatic carbocycles. The van der Waals surface area contributed by atoms with Crippen LogP contribution in [-0.4, -0.2) is 9.79 Å². The molecule has 1 aromatic rings. The van der Waals surface area contributed by atoms with E-state index in [-0.39, 0.29) is 0 Å². The van der Waals surface area contributed by atoms with Crippen molar-refractivity contribution >= 4 is 7.82 Å². The van der Waals surface area contributed by atoms with E-state index >= 15 is 0 Å². The van der Waals surface area contributed by atoms with E-state index in [1.165, 1.54) is 81.8 Å². The number of hydrogen-bond donors (Lipinski definition) is 2. The number of unbranched alkanes of at least 4 members (excludes halogenated alkanes) is 7. The van der Waals surface area contributed by atoms with Crippen LogP contribution in [-0.2, 0) is 23.8 Å². The van der Waals surface area contributed by atoms with Gasteiger partial charge in [0, 0.05) is 0 Å². The van der Waals surface area contributed by atoms with Gasteiger partial charge in [0.15, 0.2) is 0 Å². The second kappa shape index (κ2) is 18.4. The summed E-state index contributed by atoms with van der Waals surface area (Å²) in [5, 5.41) is 0. The van der Waals surface area contributed by atoms with Gasteiger partial charge >= 0.3 is 7.82 Å². The third-order valence-electron chi connectivity index (χ3n) is 7.57. The molecule has 0 spiro atoms. The van der Waals surface area contributed by atoms with Gasteiger partial charge in [-0.25, -0.2) is 4.57 Å². The number of phosphoric acid groups is 1. The first-order valence-corrected chi connectivity index (χ1v) is 16.2. The van der Waals surface area contributed by atoms with E-state index in [9.17, 15) is 14.4 Å². The van der Waals surface area contributed by atoms with Crippen LogP contribution in [0.3, 0.4) is 0 Å². The molecule has 0 bridgehead atoms. The molecule has 4 nitrogen and oxygen atoms in total. The summed E-state index contributed by atoms with van der Waals surface area (Å²) in [6, 6.07) is 3.94. The van der Waals surface area contributed by atoms with Crippen LogP contribution in [0.2, 0.25) is 0 Å². The number of benzene rings is 1. The van der Waals surface area contributed by atoms with Crippen LogP contribution >= 0.6 is 7.82 Å². The first-order chi connectivity index (χ1) is 16.8. The molecule has 5 heteroatoms. The van der Waals surface area contributed by atoms with Crippen LogP contribution in [0.4, 0.5) is 0 Å². The largest absolute Gasteiger partial charge is 0.524 e. The van der Waals surface area contributed by atoms with Gasteiger partial charge in [0.05, 0.1) is 0 Å². The fourth-order valence-electron chi connectivity index (χ4n) is 5.22. The Morgan fingerprint density at radius 1 is 0.714 bits per heavy atom. The summed E-state index contributed by atoms with van der Waals surface area (Å²) in [6.07, 6.45) is 19.7. The van der Waals surface area contributed by atoms with Gasteiger partial charge in [-0.2, -0.15) is 0 Å². The van der Waals surface area contributed by atoms with Crippen molar-refractivity contribution in [2.75, 3.05) is 0 Å². The summed E-state index contributed by atoms with van der Waals surface area (Å²) in [6.45, 7) is 11.3. The predicted molar refractivity (Wildman–Crippen MR) is 150 cm³/mol. The second-order valence-electron chi connectivity index (χ2n) is 10.5. The maximum atomic E-state index is 11.8. The lowest BCUT2D eigenvalue weighted by molar-refractivity contribution is 0.282. The van der Waals surface area contributed by atoms with Gasteiger partial charge < -0.3 is 4.52 Å². The monoisotopic (exact) mass is 510 g/mol. The van der Waals surface area contributed by atoms with Crippen molar-refractivity contribution in [3.63, 3.8) is 0 Å². The average molecular weight is 511 g/mol. The van der Waals surface area contributed by atoms with Crippen molar-refractivity contribution in [1.82, 2.24) is 0 Å². The molecule has 0 heterocycles. The smallest absolute Gasteiger partial charge is 0.404 e. The summed E-state index contributed by atoms with van der Waals surface area (Å²) < 4.78 is 17.1. The Kier molecular flexibility index (Phi) is 16.9. The lowest BCUT2D eigenvalue weighted by Gasteiger charge is -2.25. The molecule has 2 N–H and O–H groups in total. The van der Waals surface area contributed by atoms with Gasteiger partial charge in [-0.3, -0.25) is 9.79 Å². The maximum Gasteiger partial charge on any atom is 0.524 e.